The summed E-state index contributed by atoms with van der Waals surface area (Å²) in [5.74, 6) is -2.57. The molecule has 1 aliphatic heterocycles. The Balaban J connectivity index is 1.55. The Morgan fingerprint density at radius 3 is 2.64 bits per heavy atom. The van der Waals surface area contributed by atoms with Crippen LogP contribution >= 0.6 is 0 Å². The third kappa shape index (κ3) is 5.12. The molecule has 28 heavy (non-hydrogen) atoms. The van der Waals surface area contributed by atoms with E-state index in [2.05, 4.69) is 16.4 Å². The zero-order valence-electron chi connectivity index (χ0n) is 15.7. The van der Waals surface area contributed by atoms with Gasteiger partial charge in [-0.1, -0.05) is 23.8 Å². The molecule has 0 aromatic heterocycles. The lowest BCUT2D eigenvalue weighted by Gasteiger charge is -2.29. The molecule has 6 nitrogen and oxygen atoms in total. The molecule has 1 aromatic carbocycles. The molecule has 7 heteroatoms. The molecule has 1 atom stereocenters. The van der Waals surface area contributed by atoms with Crippen molar-refractivity contribution in [1.82, 2.24) is 10.2 Å². The standard InChI is InChI=1S/C21H24FN3O3/c22-17-8-6-16(7-9-17)10-12-23-14-18-19(26)24-21(28)25(20(18)27)13-11-15-4-2-1-3-5-15/h4,6-9,14,18H,1-3,5,10-13H2,(H,24,26,28). The van der Waals surface area contributed by atoms with Crippen LogP contribution in [0.4, 0.5) is 9.18 Å². The van der Waals surface area contributed by atoms with Crippen molar-refractivity contribution >= 4 is 24.1 Å². The summed E-state index contributed by atoms with van der Waals surface area (Å²) in [4.78, 5) is 42.0. The van der Waals surface area contributed by atoms with Gasteiger partial charge in [0.15, 0.2) is 5.92 Å². The van der Waals surface area contributed by atoms with E-state index in [1.165, 1.54) is 30.3 Å². The summed E-state index contributed by atoms with van der Waals surface area (Å²) in [7, 11) is 0. The number of aliphatic imine (C=N–C) groups is 1. The second kappa shape index (κ2) is 9.39. The summed E-state index contributed by atoms with van der Waals surface area (Å²) in [5, 5.41) is 2.24. The van der Waals surface area contributed by atoms with E-state index in [1.54, 1.807) is 12.1 Å². The molecule has 1 saturated heterocycles. The fourth-order valence-electron chi connectivity index (χ4n) is 3.39. The van der Waals surface area contributed by atoms with Crippen molar-refractivity contribution in [1.29, 1.82) is 0 Å². The first-order valence-corrected chi connectivity index (χ1v) is 9.63. The molecular weight excluding hydrogens is 361 g/mol. The van der Waals surface area contributed by atoms with Crippen molar-refractivity contribution in [2.24, 2.45) is 10.9 Å². The third-order valence-corrected chi connectivity index (χ3v) is 5.03. The minimum atomic E-state index is -1.09. The number of nitrogens with zero attached hydrogens (tertiary/aromatic N) is 2. The number of hydrogen-bond acceptors (Lipinski definition) is 4. The third-order valence-electron chi connectivity index (χ3n) is 5.03. The number of amides is 4. The molecular formula is C21H24FN3O3. The van der Waals surface area contributed by atoms with Crippen molar-refractivity contribution in [3.63, 3.8) is 0 Å². The maximum atomic E-state index is 12.9. The van der Waals surface area contributed by atoms with Gasteiger partial charge in [-0.25, -0.2) is 9.18 Å². The van der Waals surface area contributed by atoms with Gasteiger partial charge in [0.05, 0.1) is 0 Å². The molecule has 148 valence electrons. The van der Waals surface area contributed by atoms with E-state index in [9.17, 15) is 18.8 Å². The Morgan fingerprint density at radius 2 is 1.93 bits per heavy atom. The Labute approximate surface area is 163 Å². The smallest absolute Gasteiger partial charge is 0.296 e. The predicted octanol–water partition coefficient (Wildman–Crippen LogP) is 3.02. The number of benzene rings is 1. The largest absolute Gasteiger partial charge is 0.330 e. The van der Waals surface area contributed by atoms with Crippen LogP contribution in [0.15, 0.2) is 40.9 Å². The van der Waals surface area contributed by atoms with Crippen molar-refractivity contribution in [3.8, 4) is 0 Å². The molecule has 3 rings (SSSR count). The van der Waals surface area contributed by atoms with Crippen LogP contribution in [0, 0.1) is 11.7 Å². The SMILES string of the molecule is O=C1NC(=O)N(CCC2=CCCCC2)C(=O)C1C=NCCc1ccc(F)cc1. The van der Waals surface area contributed by atoms with E-state index < -0.39 is 23.8 Å². The number of nitrogens with one attached hydrogen (secondary N) is 1. The van der Waals surface area contributed by atoms with Crippen LogP contribution in [-0.2, 0) is 16.0 Å². The summed E-state index contributed by atoms with van der Waals surface area (Å²) in [6.45, 7) is 0.632. The lowest BCUT2D eigenvalue weighted by molar-refractivity contribution is -0.139. The molecule has 4 amide bonds. The maximum absolute atomic E-state index is 12.9. The quantitative estimate of drug-likeness (QED) is 0.445. The lowest BCUT2D eigenvalue weighted by atomic mass is 9.97. The van der Waals surface area contributed by atoms with Gasteiger partial charge in [0, 0.05) is 19.3 Å². The minimum absolute atomic E-state index is 0.268. The van der Waals surface area contributed by atoms with E-state index in [-0.39, 0.29) is 12.4 Å². The number of carbonyl (C=O) groups excluding carboxylic acids is 3. The number of urea groups is 1. The van der Waals surface area contributed by atoms with E-state index >= 15 is 0 Å². The number of carbonyl (C=O) groups is 3. The highest BCUT2D eigenvalue weighted by atomic mass is 19.1. The number of allylic oxidation sites excluding steroid dienone is 1. The van der Waals surface area contributed by atoms with Gasteiger partial charge in [-0.3, -0.25) is 24.8 Å². The topological polar surface area (TPSA) is 78.8 Å². The molecule has 0 radical (unpaired) electrons. The summed E-state index contributed by atoms with van der Waals surface area (Å²) < 4.78 is 12.9. The van der Waals surface area contributed by atoms with Crippen LogP contribution in [-0.4, -0.2) is 42.0 Å². The first kappa shape index (κ1) is 19.9. The van der Waals surface area contributed by atoms with E-state index in [0.717, 1.165) is 29.7 Å². The van der Waals surface area contributed by atoms with E-state index in [4.69, 9.17) is 0 Å². The summed E-state index contributed by atoms with van der Waals surface area (Å²) in [6, 6.07) is 5.43. The molecule has 1 heterocycles. The van der Waals surface area contributed by atoms with Gasteiger partial charge < -0.3 is 0 Å². The van der Waals surface area contributed by atoms with Crippen LogP contribution < -0.4 is 5.32 Å². The number of imide groups is 2. The normalized spacial score (nSPS) is 20.5. The molecule has 1 aromatic rings. The Bertz CT molecular complexity index is 802. The fraction of sp³-hybridized carbons (Fsp3) is 0.429. The molecule has 1 fully saturated rings. The first-order chi connectivity index (χ1) is 13.5. The van der Waals surface area contributed by atoms with Crippen molar-refractivity contribution in [2.75, 3.05) is 13.1 Å². The van der Waals surface area contributed by atoms with E-state index in [0.29, 0.717) is 19.4 Å². The van der Waals surface area contributed by atoms with Gasteiger partial charge >= 0.3 is 6.03 Å². The average molecular weight is 385 g/mol. The molecule has 0 saturated carbocycles. The van der Waals surface area contributed by atoms with Crippen LogP contribution in [0.1, 0.15) is 37.7 Å². The van der Waals surface area contributed by atoms with Crippen molar-refractivity contribution < 1.29 is 18.8 Å². The van der Waals surface area contributed by atoms with Crippen LogP contribution in [0.5, 0.6) is 0 Å². The monoisotopic (exact) mass is 385 g/mol. The van der Waals surface area contributed by atoms with Crippen LogP contribution in [0.25, 0.3) is 0 Å². The molecule has 0 bridgehead atoms. The van der Waals surface area contributed by atoms with Gasteiger partial charge in [-0.05, 0) is 56.2 Å². The Kier molecular flexibility index (Phi) is 6.68. The second-order valence-corrected chi connectivity index (χ2v) is 7.05. The highest BCUT2D eigenvalue weighted by molar-refractivity contribution is 6.23. The predicted molar refractivity (Wildman–Crippen MR) is 103 cm³/mol. The number of rotatable bonds is 7. The van der Waals surface area contributed by atoms with E-state index in [1.807, 2.05) is 0 Å². The second-order valence-electron chi connectivity index (χ2n) is 7.05. The average Bonchev–Trinajstić information content (AvgIpc) is 2.69. The Morgan fingerprint density at radius 1 is 1.14 bits per heavy atom. The molecule has 1 aliphatic carbocycles. The number of hydrogen-bond donors (Lipinski definition) is 1. The molecule has 2 aliphatic rings. The van der Waals surface area contributed by atoms with Crippen molar-refractivity contribution in [3.05, 3.63) is 47.3 Å². The zero-order chi connectivity index (χ0) is 19.9. The lowest BCUT2D eigenvalue weighted by Crippen LogP contribution is -2.58. The summed E-state index contributed by atoms with van der Waals surface area (Å²) in [6.07, 6.45) is 9.04. The first-order valence-electron chi connectivity index (χ1n) is 9.63. The van der Waals surface area contributed by atoms with Gasteiger partial charge in [0.25, 0.3) is 0 Å². The zero-order valence-corrected chi connectivity index (χ0v) is 15.7. The Hall–Kier alpha value is -2.83. The van der Waals surface area contributed by atoms with Crippen LogP contribution in [0.2, 0.25) is 0 Å². The van der Waals surface area contributed by atoms with Gasteiger partial charge in [-0.15, -0.1) is 0 Å². The minimum Gasteiger partial charge on any atom is -0.296 e. The highest BCUT2D eigenvalue weighted by Gasteiger charge is 2.39. The van der Waals surface area contributed by atoms with Gasteiger partial charge in [0.1, 0.15) is 5.82 Å². The molecule has 1 unspecified atom stereocenters. The number of halogens is 1. The highest BCUT2D eigenvalue weighted by Crippen LogP contribution is 2.21. The van der Waals surface area contributed by atoms with Crippen molar-refractivity contribution in [2.45, 2.75) is 38.5 Å². The van der Waals surface area contributed by atoms with Gasteiger partial charge in [-0.2, -0.15) is 0 Å². The number of barbiturate groups is 1. The fourth-order valence-corrected chi connectivity index (χ4v) is 3.39. The van der Waals surface area contributed by atoms with Gasteiger partial charge in [0.2, 0.25) is 11.8 Å². The summed E-state index contributed by atoms with van der Waals surface area (Å²) in [5.41, 5.74) is 2.17. The summed E-state index contributed by atoms with van der Waals surface area (Å²) >= 11 is 0. The maximum Gasteiger partial charge on any atom is 0.330 e. The molecule has 0 spiro atoms. The molecule has 1 N–H and O–H groups in total. The van der Waals surface area contributed by atoms with Crippen LogP contribution in [0.3, 0.4) is 0 Å².